The summed E-state index contributed by atoms with van der Waals surface area (Å²) in [5, 5.41) is 0. The van der Waals surface area contributed by atoms with Gasteiger partial charge in [-0.05, 0) is 19.3 Å². The molecule has 0 aromatic carbocycles. The molecular weight excluding hydrogens is 597 g/mol. The monoisotopic (exact) mass is 630 g/mol. The standard InChI is InChI=1S/C18H33O18P3/c1-4-7-10(19)31-13-14(32-11(20)8-5-2)16(34-37(22,23)24)18(36-39(28,29)30)17(35-38(25,26)27)15(13)33-12(21)9-6-3/h13-18H,4-9H2,1-3H3,(H2,22,23,24)(H2,25,26,27)(H2,28,29,30)/t13?,14-,15+,16-,17-,18?/m0/s1. The van der Waals surface area contributed by atoms with Crippen molar-refractivity contribution in [2.24, 2.45) is 0 Å². The van der Waals surface area contributed by atoms with E-state index in [9.17, 15) is 57.4 Å². The SMILES string of the molecule is CCCC(=O)OC1[C@@H](OC(=O)CCC)[C@H](OP(=O)(O)O)C(OP(=O)(O)O)[C@@H](OP(=O)(O)O)[C@H]1OC(=O)CCC. The van der Waals surface area contributed by atoms with Crippen molar-refractivity contribution < 1.29 is 85.2 Å². The summed E-state index contributed by atoms with van der Waals surface area (Å²) in [4.78, 5) is 94.3. The van der Waals surface area contributed by atoms with Gasteiger partial charge in [0, 0.05) is 19.3 Å². The smallest absolute Gasteiger partial charge is 0.455 e. The van der Waals surface area contributed by atoms with Gasteiger partial charge in [-0.15, -0.1) is 0 Å². The van der Waals surface area contributed by atoms with Crippen LogP contribution in [0.1, 0.15) is 59.3 Å². The average molecular weight is 630 g/mol. The molecule has 1 saturated carbocycles. The van der Waals surface area contributed by atoms with Crippen molar-refractivity contribution in [1.29, 1.82) is 0 Å². The molecule has 1 rings (SSSR count). The normalized spacial score (nSPS) is 26.1. The molecule has 6 atom stereocenters. The van der Waals surface area contributed by atoms with E-state index < -0.39 is 78.0 Å². The molecule has 21 heteroatoms. The van der Waals surface area contributed by atoms with Gasteiger partial charge in [0.1, 0.15) is 18.3 Å². The lowest BCUT2D eigenvalue weighted by Crippen LogP contribution is -2.67. The molecule has 18 nitrogen and oxygen atoms in total. The molecule has 39 heavy (non-hydrogen) atoms. The molecule has 1 aliphatic rings. The molecule has 0 radical (unpaired) electrons. The second-order valence-corrected chi connectivity index (χ2v) is 11.9. The third kappa shape index (κ3) is 12.9. The first-order valence-corrected chi connectivity index (χ1v) is 16.2. The first-order chi connectivity index (χ1) is 17.8. The van der Waals surface area contributed by atoms with E-state index in [4.69, 9.17) is 14.2 Å². The Morgan fingerprint density at radius 2 is 0.692 bits per heavy atom. The largest absolute Gasteiger partial charge is 0.470 e. The van der Waals surface area contributed by atoms with Crippen molar-refractivity contribution in [3.05, 3.63) is 0 Å². The Kier molecular flexibility index (Phi) is 13.9. The van der Waals surface area contributed by atoms with Gasteiger partial charge >= 0.3 is 41.4 Å². The fourth-order valence-corrected chi connectivity index (χ4v) is 5.28. The third-order valence-electron chi connectivity index (χ3n) is 4.88. The maximum absolute atomic E-state index is 12.5. The van der Waals surface area contributed by atoms with Gasteiger partial charge in [0.25, 0.3) is 0 Å². The van der Waals surface area contributed by atoms with Crippen LogP contribution in [0, 0.1) is 0 Å². The van der Waals surface area contributed by atoms with Crippen molar-refractivity contribution in [2.75, 3.05) is 0 Å². The Morgan fingerprint density at radius 3 is 0.897 bits per heavy atom. The molecule has 0 heterocycles. The molecule has 2 unspecified atom stereocenters. The lowest BCUT2D eigenvalue weighted by molar-refractivity contribution is -0.241. The van der Waals surface area contributed by atoms with E-state index in [0.717, 1.165) is 0 Å². The van der Waals surface area contributed by atoms with Crippen molar-refractivity contribution in [2.45, 2.75) is 95.9 Å². The fourth-order valence-electron chi connectivity index (χ4n) is 3.60. The lowest BCUT2D eigenvalue weighted by Gasteiger charge is -2.47. The minimum atomic E-state index is -5.70. The van der Waals surface area contributed by atoms with Crippen molar-refractivity contribution in [1.82, 2.24) is 0 Å². The van der Waals surface area contributed by atoms with Crippen LogP contribution in [0.2, 0.25) is 0 Å². The average Bonchev–Trinajstić information content (AvgIpc) is 2.73. The van der Waals surface area contributed by atoms with Gasteiger partial charge < -0.3 is 43.6 Å². The maximum atomic E-state index is 12.5. The van der Waals surface area contributed by atoms with Crippen molar-refractivity contribution >= 4 is 41.4 Å². The number of carbonyl (C=O) groups is 3. The molecule has 1 aliphatic carbocycles. The number of hydrogen-bond acceptors (Lipinski definition) is 12. The van der Waals surface area contributed by atoms with Crippen molar-refractivity contribution in [3.63, 3.8) is 0 Å². The first-order valence-electron chi connectivity index (χ1n) is 11.6. The van der Waals surface area contributed by atoms with Crippen LogP contribution < -0.4 is 0 Å². The number of rotatable bonds is 15. The fraction of sp³-hybridized carbons (Fsp3) is 0.833. The molecule has 1 fully saturated rings. The predicted molar refractivity (Wildman–Crippen MR) is 125 cm³/mol. The first kappa shape index (κ1) is 35.8. The summed E-state index contributed by atoms with van der Waals surface area (Å²) in [5.41, 5.74) is 0. The van der Waals surface area contributed by atoms with Gasteiger partial charge in [0.15, 0.2) is 18.3 Å². The topological polar surface area (TPSA) is 279 Å². The molecule has 0 saturated heterocycles. The molecule has 228 valence electrons. The molecule has 0 amide bonds. The minimum absolute atomic E-state index is 0.192. The minimum Gasteiger partial charge on any atom is -0.455 e. The highest BCUT2D eigenvalue weighted by atomic mass is 31.2. The molecule has 0 aromatic rings. The second-order valence-electron chi connectivity index (χ2n) is 8.30. The third-order valence-corrected chi connectivity index (χ3v) is 6.44. The highest BCUT2D eigenvalue weighted by Gasteiger charge is 2.62. The summed E-state index contributed by atoms with van der Waals surface area (Å²) in [6.45, 7) is 4.69. The Hall–Kier alpha value is -1.26. The Balaban J connectivity index is 3.94. The molecule has 6 N–H and O–H groups in total. The van der Waals surface area contributed by atoms with Gasteiger partial charge in [0.05, 0.1) is 0 Å². The zero-order valence-electron chi connectivity index (χ0n) is 21.1. The highest BCUT2D eigenvalue weighted by molar-refractivity contribution is 7.47. The molecule has 0 spiro atoms. The van der Waals surface area contributed by atoms with Gasteiger partial charge in [0.2, 0.25) is 0 Å². The van der Waals surface area contributed by atoms with E-state index in [1.807, 2.05) is 0 Å². The Morgan fingerprint density at radius 1 is 0.487 bits per heavy atom. The van der Waals surface area contributed by atoms with E-state index in [2.05, 4.69) is 13.6 Å². The van der Waals surface area contributed by atoms with E-state index in [1.54, 1.807) is 20.8 Å². The van der Waals surface area contributed by atoms with Crippen LogP contribution in [0.15, 0.2) is 0 Å². The summed E-state index contributed by atoms with van der Waals surface area (Å²) in [6.07, 6.45) is -14.3. The number of carbonyl (C=O) groups excluding carboxylic acids is 3. The summed E-state index contributed by atoms with van der Waals surface area (Å²) >= 11 is 0. The maximum Gasteiger partial charge on any atom is 0.470 e. The van der Waals surface area contributed by atoms with Crippen LogP contribution in [0.5, 0.6) is 0 Å². The van der Waals surface area contributed by atoms with Crippen LogP contribution in [0.25, 0.3) is 0 Å². The quantitative estimate of drug-likeness (QED) is 0.0819. The zero-order chi connectivity index (χ0) is 30.2. The summed E-state index contributed by atoms with van der Waals surface area (Å²) in [7, 11) is -17.0. The lowest BCUT2D eigenvalue weighted by atomic mass is 9.84. The second kappa shape index (κ2) is 15.1. The highest BCUT2D eigenvalue weighted by Crippen LogP contribution is 2.51. The van der Waals surface area contributed by atoms with Crippen LogP contribution in [-0.4, -0.2) is 83.9 Å². The predicted octanol–water partition coefficient (Wildman–Crippen LogP) is 0.569. The van der Waals surface area contributed by atoms with Gasteiger partial charge in [-0.2, -0.15) is 0 Å². The van der Waals surface area contributed by atoms with Crippen molar-refractivity contribution in [3.8, 4) is 0 Å². The summed E-state index contributed by atoms with van der Waals surface area (Å²) < 4.78 is 64.9. The van der Waals surface area contributed by atoms with Gasteiger partial charge in [-0.3, -0.25) is 28.0 Å². The number of phosphoric ester groups is 3. The van der Waals surface area contributed by atoms with E-state index in [-0.39, 0.29) is 38.5 Å². The molecular formula is C18H33O18P3. The number of ether oxygens (including phenoxy) is 3. The van der Waals surface area contributed by atoms with Crippen LogP contribution in [-0.2, 0) is 55.9 Å². The molecule has 0 aliphatic heterocycles. The zero-order valence-corrected chi connectivity index (χ0v) is 23.8. The van der Waals surface area contributed by atoms with E-state index in [1.165, 1.54) is 0 Å². The number of hydrogen-bond donors (Lipinski definition) is 6. The van der Waals surface area contributed by atoms with Crippen LogP contribution in [0.3, 0.4) is 0 Å². The van der Waals surface area contributed by atoms with Gasteiger partial charge in [-0.1, -0.05) is 20.8 Å². The summed E-state index contributed by atoms with van der Waals surface area (Å²) in [6, 6.07) is 0. The molecule has 0 aromatic heterocycles. The molecule has 0 bridgehead atoms. The van der Waals surface area contributed by atoms with Crippen LogP contribution in [0.4, 0.5) is 0 Å². The van der Waals surface area contributed by atoms with Crippen LogP contribution >= 0.6 is 23.5 Å². The number of phosphoric acid groups is 3. The van der Waals surface area contributed by atoms with E-state index >= 15 is 0 Å². The summed E-state index contributed by atoms with van der Waals surface area (Å²) in [5.74, 6) is -3.17. The Labute approximate surface area is 223 Å². The van der Waals surface area contributed by atoms with E-state index in [0.29, 0.717) is 0 Å². The Bertz CT molecular complexity index is 928. The number of esters is 3. The van der Waals surface area contributed by atoms with Gasteiger partial charge in [-0.25, -0.2) is 13.7 Å².